The lowest BCUT2D eigenvalue weighted by Crippen LogP contribution is -2.37. The van der Waals surface area contributed by atoms with Crippen LogP contribution in [0, 0.1) is 0 Å². The van der Waals surface area contributed by atoms with Gasteiger partial charge in [0.25, 0.3) is 0 Å². The standard InChI is InChI=1S/C16H23NO2/c1-16(2,3)13-7-5-6-8-14(13)17-12(11-19-4)9-10-15(17)18/h5-8,12H,9-11H2,1-4H3/t12-/m0/s1. The summed E-state index contributed by atoms with van der Waals surface area (Å²) in [6, 6.07) is 8.37. The predicted octanol–water partition coefficient (Wildman–Crippen LogP) is 3.13. The topological polar surface area (TPSA) is 29.5 Å². The van der Waals surface area contributed by atoms with Crippen LogP contribution in [0.4, 0.5) is 5.69 Å². The third kappa shape index (κ3) is 2.81. The van der Waals surface area contributed by atoms with Gasteiger partial charge >= 0.3 is 0 Å². The molecule has 0 saturated carbocycles. The molecule has 1 aromatic carbocycles. The Balaban J connectivity index is 2.42. The molecule has 1 saturated heterocycles. The van der Waals surface area contributed by atoms with Gasteiger partial charge < -0.3 is 9.64 Å². The van der Waals surface area contributed by atoms with E-state index in [4.69, 9.17) is 4.74 Å². The molecule has 0 spiro atoms. The van der Waals surface area contributed by atoms with E-state index in [2.05, 4.69) is 26.8 Å². The van der Waals surface area contributed by atoms with E-state index in [0.29, 0.717) is 13.0 Å². The molecule has 1 aliphatic heterocycles. The average molecular weight is 261 g/mol. The molecule has 0 aliphatic carbocycles. The van der Waals surface area contributed by atoms with Crippen LogP contribution in [0.5, 0.6) is 0 Å². The second-order valence-corrected chi connectivity index (χ2v) is 6.18. The number of amides is 1. The summed E-state index contributed by atoms with van der Waals surface area (Å²) in [5, 5.41) is 0. The van der Waals surface area contributed by atoms with Crippen molar-refractivity contribution in [2.45, 2.75) is 45.1 Å². The number of nitrogens with zero attached hydrogens (tertiary/aromatic N) is 1. The van der Waals surface area contributed by atoms with Gasteiger partial charge in [-0.1, -0.05) is 39.0 Å². The number of benzene rings is 1. The van der Waals surface area contributed by atoms with Crippen molar-refractivity contribution in [3.8, 4) is 0 Å². The smallest absolute Gasteiger partial charge is 0.227 e. The first-order chi connectivity index (χ1) is 8.95. The van der Waals surface area contributed by atoms with Crippen LogP contribution in [0.25, 0.3) is 0 Å². The lowest BCUT2D eigenvalue weighted by molar-refractivity contribution is -0.117. The van der Waals surface area contributed by atoms with E-state index in [1.165, 1.54) is 5.56 Å². The van der Waals surface area contributed by atoms with Crippen LogP contribution in [0.15, 0.2) is 24.3 Å². The quantitative estimate of drug-likeness (QED) is 0.836. The van der Waals surface area contributed by atoms with Gasteiger partial charge in [-0.2, -0.15) is 0 Å². The van der Waals surface area contributed by atoms with Gasteiger partial charge in [0.1, 0.15) is 0 Å². The third-order valence-corrected chi connectivity index (χ3v) is 3.66. The van der Waals surface area contributed by atoms with Crippen LogP contribution in [-0.4, -0.2) is 25.7 Å². The highest BCUT2D eigenvalue weighted by Gasteiger charge is 2.34. The normalized spacial score (nSPS) is 20.1. The second-order valence-electron chi connectivity index (χ2n) is 6.18. The molecule has 3 heteroatoms. The first-order valence-corrected chi connectivity index (χ1v) is 6.85. The molecule has 0 radical (unpaired) electrons. The Morgan fingerprint density at radius 3 is 2.63 bits per heavy atom. The van der Waals surface area contributed by atoms with Crippen LogP contribution < -0.4 is 4.90 Å². The molecule has 1 heterocycles. The first kappa shape index (κ1) is 14.1. The Bertz CT molecular complexity index is 462. The van der Waals surface area contributed by atoms with Gasteiger partial charge in [0.2, 0.25) is 5.91 Å². The largest absolute Gasteiger partial charge is 0.383 e. The van der Waals surface area contributed by atoms with E-state index in [0.717, 1.165) is 12.1 Å². The second kappa shape index (κ2) is 5.33. The average Bonchev–Trinajstić information content (AvgIpc) is 2.70. The van der Waals surface area contributed by atoms with E-state index in [9.17, 15) is 4.79 Å². The lowest BCUT2D eigenvalue weighted by atomic mass is 9.85. The van der Waals surface area contributed by atoms with Crippen LogP contribution in [0.1, 0.15) is 39.2 Å². The van der Waals surface area contributed by atoms with Crippen molar-refractivity contribution in [2.24, 2.45) is 0 Å². The molecule has 0 aromatic heterocycles. The molecule has 1 fully saturated rings. The van der Waals surface area contributed by atoms with Gasteiger partial charge in [-0.15, -0.1) is 0 Å². The molecule has 2 rings (SSSR count). The molecule has 1 atom stereocenters. The fourth-order valence-electron chi connectivity index (χ4n) is 2.74. The Morgan fingerprint density at radius 2 is 2.00 bits per heavy atom. The molecule has 1 aromatic rings. The van der Waals surface area contributed by atoms with Crippen LogP contribution in [0.2, 0.25) is 0 Å². The molecule has 19 heavy (non-hydrogen) atoms. The van der Waals surface area contributed by atoms with Crippen molar-refractivity contribution in [2.75, 3.05) is 18.6 Å². The van der Waals surface area contributed by atoms with Gasteiger partial charge in [0.05, 0.1) is 12.6 Å². The van der Waals surface area contributed by atoms with Gasteiger partial charge in [0, 0.05) is 19.2 Å². The third-order valence-electron chi connectivity index (χ3n) is 3.66. The van der Waals surface area contributed by atoms with E-state index in [1.54, 1.807) is 7.11 Å². The fraction of sp³-hybridized carbons (Fsp3) is 0.562. The van der Waals surface area contributed by atoms with E-state index in [-0.39, 0.29) is 17.4 Å². The van der Waals surface area contributed by atoms with Gasteiger partial charge in [-0.05, 0) is 23.5 Å². The molecule has 3 nitrogen and oxygen atoms in total. The molecule has 104 valence electrons. The Morgan fingerprint density at radius 1 is 1.32 bits per heavy atom. The Labute approximate surface area is 115 Å². The van der Waals surface area contributed by atoms with Crippen molar-refractivity contribution >= 4 is 11.6 Å². The maximum atomic E-state index is 12.2. The first-order valence-electron chi connectivity index (χ1n) is 6.85. The SMILES string of the molecule is COC[C@@H]1CCC(=O)N1c1ccccc1C(C)(C)C. The number of carbonyl (C=O) groups excluding carboxylic acids is 1. The summed E-state index contributed by atoms with van der Waals surface area (Å²) in [5.74, 6) is 0.207. The minimum absolute atomic E-state index is 0.0249. The van der Waals surface area contributed by atoms with Crippen molar-refractivity contribution in [1.29, 1.82) is 0 Å². The summed E-state index contributed by atoms with van der Waals surface area (Å²) in [5.41, 5.74) is 2.28. The highest BCUT2D eigenvalue weighted by atomic mass is 16.5. The fourth-order valence-corrected chi connectivity index (χ4v) is 2.74. The number of hydrogen-bond donors (Lipinski definition) is 0. The zero-order valence-corrected chi connectivity index (χ0v) is 12.3. The number of ether oxygens (including phenoxy) is 1. The van der Waals surface area contributed by atoms with Crippen LogP contribution >= 0.6 is 0 Å². The molecule has 1 amide bonds. The van der Waals surface area contributed by atoms with Crippen molar-refractivity contribution < 1.29 is 9.53 Å². The van der Waals surface area contributed by atoms with Gasteiger partial charge in [-0.25, -0.2) is 0 Å². The van der Waals surface area contributed by atoms with Gasteiger partial charge in [0.15, 0.2) is 0 Å². The summed E-state index contributed by atoms with van der Waals surface area (Å²) in [6.07, 6.45) is 1.50. The molecule has 1 aliphatic rings. The number of para-hydroxylation sites is 1. The molecular weight excluding hydrogens is 238 g/mol. The number of methoxy groups -OCH3 is 1. The molecule has 0 bridgehead atoms. The zero-order valence-electron chi connectivity index (χ0n) is 12.3. The summed E-state index contributed by atoms with van der Waals surface area (Å²) < 4.78 is 5.26. The highest BCUT2D eigenvalue weighted by molar-refractivity contribution is 5.97. The zero-order chi connectivity index (χ0) is 14.0. The Hall–Kier alpha value is -1.35. The maximum Gasteiger partial charge on any atom is 0.227 e. The predicted molar refractivity (Wildman–Crippen MR) is 77.5 cm³/mol. The minimum atomic E-state index is 0.0249. The maximum absolute atomic E-state index is 12.2. The summed E-state index contributed by atoms with van der Waals surface area (Å²) in [6.45, 7) is 7.14. The van der Waals surface area contributed by atoms with Gasteiger partial charge in [-0.3, -0.25) is 4.79 Å². The molecular formula is C16H23NO2. The number of rotatable bonds is 3. The number of anilines is 1. The van der Waals surface area contributed by atoms with Crippen LogP contribution in [0.3, 0.4) is 0 Å². The summed E-state index contributed by atoms with van der Waals surface area (Å²) >= 11 is 0. The van der Waals surface area contributed by atoms with Crippen molar-refractivity contribution in [1.82, 2.24) is 0 Å². The lowest BCUT2D eigenvalue weighted by Gasteiger charge is -2.31. The van der Waals surface area contributed by atoms with Crippen molar-refractivity contribution in [3.05, 3.63) is 29.8 Å². The highest BCUT2D eigenvalue weighted by Crippen LogP contribution is 2.36. The molecule has 0 unspecified atom stereocenters. The summed E-state index contributed by atoms with van der Waals surface area (Å²) in [4.78, 5) is 14.1. The minimum Gasteiger partial charge on any atom is -0.383 e. The molecule has 0 N–H and O–H groups in total. The van der Waals surface area contributed by atoms with E-state index >= 15 is 0 Å². The number of carbonyl (C=O) groups is 1. The van der Waals surface area contributed by atoms with E-state index < -0.39 is 0 Å². The Kier molecular flexibility index (Phi) is 3.95. The van der Waals surface area contributed by atoms with E-state index in [1.807, 2.05) is 23.1 Å². The monoisotopic (exact) mass is 261 g/mol. The van der Waals surface area contributed by atoms with Crippen LogP contribution in [-0.2, 0) is 14.9 Å². The summed E-state index contributed by atoms with van der Waals surface area (Å²) in [7, 11) is 1.69. The number of hydrogen-bond acceptors (Lipinski definition) is 2. The van der Waals surface area contributed by atoms with Crippen molar-refractivity contribution in [3.63, 3.8) is 0 Å².